The van der Waals surface area contributed by atoms with E-state index in [1.54, 1.807) is 20.8 Å². The highest BCUT2D eigenvalue weighted by atomic mass is 32.2. The number of rotatable bonds is 8. The predicted molar refractivity (Wildman–Crippen MR) is 108 cm³/mol. The van der Waals surface area contributed by atoms with Crippen molar-refractivity contribution in [2.45, 2.75) is 31.7 Å². The minimum absolute atomic E-state index is 0.0278. The van der Waals surface area contributed by atoms with E-state index >= 15 is 0 Å². The molecular formula is C19H23N3O6S. The number of aryl methyl sites for hydroxylation is 1. The van der Waals surface area contributed by atoms with Crippen LogP contribution in [0.25, 0.3) is 0 Å². The van der Waals surface area contributed by atoms with Crippen LogP contribution in [-0.2, 0) is 14.8 Å². The van der Waals surface area contributed by atoms with Gasteiger partial charge < -0.3 is 10.1 Å². The fraction of sp³-hybridized carbons (Fsp3) is 0.316. The van der Waals surface area contributed by atoms with Gasteiger partial charge in [-0.1, -0.05) is 0 Å². The molecule has 0 spiro atoms. The molecule has 0 radical (unpaired) electrons. The van der Waals surface area contributed by atoms with Crippen LogP contribution in [0.5, 0.6) is 5.75 Å². The lowest BCUT2D eigenvalue weighted by Gasteiger charge is -2.21. The Morgan fingerprint density at radius 3 is 2.34 bits per heavy atom. The van der Waals surface area contributed by atoms with Crippen LogP contribution in [0.15, 0.2) is 47.4 Å². The summed E-state index contributed by atoms with van der Waals surface area (Å²) in [5.41, 5.74) is 0.820. The molecule has 29 heavy (non-hydrogen) atoms. The van der Waals surface area contributed by atoms with E-state index in [1.807, 2.05) is 0 Å². The van der Waals surface area contributed by atoms with Crippen molar-refractivity contribution in [3.05, 3.63) is 58.1 Å². The van der Waals surface area contributed by atoms with Crippen LogP contribution < -0.4 is 10.1 Å². The van der Waals surface area contributed by atoms with Crippen molar-refractivity contribution in [1.29, 1.82) is 0 Å². The van der Waals surface area contributed by atoms with Gasteiger partial charge in [-0.2, -0.15) is 4.31 Å². The molecule has 0 heterocycles. The molecule has 2 aromatic rings. The Hall–Kier alpha value is -2.98. The van der Waals surface area contributed by atoms with Gasteiger partial charge in [0.15, 0.2) is 6.61 Å². The zero-order valence-corrected chi connectivity index (χ0v) is 17.4. The number of sulfonamides is 1. The van der Waals surface area contributed by atoms with Crippen LogP contribution in [0, 0.1) is 17.0 Å². The summed E-state index contributed by atoms with van der Waals surface area (Å²) in [5, 5.41) is 13.4. The number of hydrogen-bond acceptors (Lipinski definition) is 6. The molecule has 156 valence electrons. The number of carbonyl (C=O) groups excluding carboxylic acids is 1. The molecule has 0 atom stereocenters. The maximum absolute atomic E-state index is 12.4. The summed E-state index contributed by atoms with van der Waals surface area (Å²) in [5.74, 6) is -0.114. The summed E-state index contributed by atoms with van der Waals surface area (Å²) in [7, 11) is -2.09. The first kappa shape index (κ1) is 22.3. The molecule has 0 unspecified atom stereocenters. The highest BCUT2D eigenvalue weighted by Crippen LogP contribution is 2.23. The van der Waals surface area contributed by atoms with Crippen LogP contribution >= 0.6 is 0 Å². The van der Waals surface area contributed by atoms with Crippen LogP contribution in [0.4, 0.5) is 11.4 Å². The zero-order valence-electron chi connectivity index (χ0n) is 16.6. The summed E-state index contributed by atoms with van der Waals surface area (Å²) in [6, 6.07) is 9.87. The Kier molecular flexibility index (Phi) is 6.93. The normalized spacial score (nSPS) is 11.5. The average Bonchev–Trinajstić information content (AvgIpc) is 2.65. The number of hydrogen-bond donors (Lipinski definition) is 1. The van der Waals surface area contributed by atoms with E-state index in [-0.39, 0.29) is 23.2 Å². The molecule has 0 aliphatic carbocycles. The molecule has 0 saturated carbocycles. The molecule has 0 aliphatic heterocycles. The molecule has 2 aromatic carbocycles. The zero-order chi connectivity index (χ0) is 21.8. The predicted octanol–water partition coefficient (Wildman–Crippen LogP) is 2.95. The van der Waals surface area contributed by atoms with Gasteiger partial charge in [-0.25, -0.2) is 8.42 Å². The van der Waals surface area contributed by atoms with Crippen molar-refractivity contribution < 1.29 is 22.9 Å². The van der Waals surface area contributed by atoms with E-state index in [9.17, 15) is 23.3 Å². The fourth-order valence-corrected chi connectivity index (χ4v) is 3.79. The first-order chi connectivity index (χ1) is 13.5. The van der Waals surface area contributed by atoms with Crippen molar-refractivity contribution >= 4 is 27.3 Å². The van der Waals surface area contributed by atoms with Gasteiger partial charge >= 0.3 is 0 Å². The Labute approximate surface area is 169 Å². The molecule has 10 heteroatoms. The lowest BCUT2D eigenvalue weighted by Crippen LogP contribution is -2.33. The quantitative estimate of drug-likeness (QED) is 0.517. The SMILES string of the molecule is Cc1cc(OCC(=O)Nc2ccc(S(=O)(=O)N(C)C(C)C)cc2)ccc1[N+](=O)[O-]. The number of nitro benzene ring substituents is 1. The molecule has 0 fully saturated rings. The number of carbonyl (C=O) groups is 1. The Balaban J connectivity index is 1.98. The van der Waals surface area contributed by atoms with Crippen molar-refractivity contribution in [2.24, 2.45) is 0 Å². The number of benzene rings is 2. The van der Waals surface area contributed by atoms with Gasteiger partial charge in [0.05, 0.1) is 9.82 Å². The molecule has 0 saturated heterocycles. The fourth-order valence-electron chi connectivity index (χ4n) is 2.42. The van der Waals surface area contributed by atoms with E-state index in [2.05, 4.69) is 5.32 Å². The van der Waals surface area contributed by atoms with Crippen molar-refractivity contribution in [2.75, 3.05) is 19.0 Å². The maximum atomic E-state index is 12.4. The third-order valence-corrected chi connectivity index (χ3v) is 6.32. The standard InChI is InChI=1S/C19H23N3O6S/c1-13(2)21(4)29(26,27)17-8-5-15(6-9-17)20-19(23)12-28-16-7-10-18(22(24)25)14(3)11-16/h5-11,13H,12H2,1-4H3,(H,20,23). The monoisotopic (exact) mass is 421 g/mol. The van der Waals surface area contributed by atoms with E-state index < -0.39 is 20.9 Å². The lowest BCUT2D eigenvalue weighted by atomic mass is 10.2. The molecule has 0 aromatic heterocycles. The van der Waals surface area contributed by atoms with Gasteiger partial charge in [0.1, 0.15) is 5.75 Å². The minimum atomic E-state index is -3.60. The largest absolute Gasteiger partial charge is 0.484 e. The van der Waals surface area contributed by atoms with Gasteiger partial charge in [0.2, 0.25) is 10.0 Å². The second kappa shape index (κ2) is 9.01. The third kappa shape index (κ3) is 5.52. The lowest BCUT2D eigenvalue weighted by molar-refractivity contribution is -0.385. The molecule has 0 bridgehead atoms. The van der Waals surface area contributed by atoms with E-state index in [1.165, 1.54) is 53.8 Å². The van der Waals surface area contributed by atoms with Crippen LogP contribution in [0.1, 0.15) is 19.4 Å². The summed E-state index contributed by atoms with van der Waals surface area (Å²) >= 11 is 0. The summed E-state index contributed by atoms with van der Waals surface area (Å²) in [4.78, 5) is 22.5. The van der Waals surface area contributed by atoms with Crippen molar-refractivity contribution in [3.63, 3.8) is 0 Å². The highest BCUT2D eigenvalue weighted by molar-refractivity contribution is 7.89. The van der Waals surface area contributed by atoms with Crippen LogP contribution in [0.3, 0.4) is 0 Å². The second-order valence-corrected chi connectivity index (χ2v) is 8.68. The summed E-state index contributed by atoms with van der Waals surface area (Å²) < 4.78 is 31.5. The Morgan fingerprint density at radius 2 is 1.83 bits per heavy atom. The van der Waals surface area contributed by atoms with Crippen LogP contribution in [0.2, 0.25) is 0 Å². The number of nitro groups is 1. The number of nitrogens with zero attached hydrogens (tertiary/aromatic N) is 2. The molecule has 9 nitrogen and oxygen atoms in total. The maximum Gasteiger partial charge on any atom is 0.272 e. The van der Waals surface area contributed by atoms with E-state index in [4.69, 9.17) is 4.74 Å². The molecule has 2 rings (SSSR count). The summed E-state index contributed by atoms with van der Waals surface area (Å²) in [6.07, 6.45) is 0. The van der Waals surface area contributed by atoms with E-state index in [0.29, 0.717) is 17.0 Å². The first-order valence-electron chi connectivity index (χ1n) is 8.78. The average molecular weight is 421 g/mol. The number of anilines is 1. The summed E-state index contributed by atoms with van der Waals surface area (Å²) in [6.45, 7) is 4.84. The number of nitrogens with one attached hydrogen (secondary N) is 1. The van der Waals surface area contributed by atoms with Crippen molar-refractivity contribution in [1.82, 2.24) is 4.31 Å². The van der Waals surface area contributed by atoms with Gasteiger partial charge in [0, 0.05) is 30.4 Å². The van der Waals surface area contributed by atoms with Crippen molar-refractivity contribution in [3.8, 4) is 5.75 Å². The Morgan fingerprint density at radius 1 is 1.21 bits per heavy atom. The van der Waals surface area contributed by atoms with Gasteiger partial charge in [0.25, 0.3) is 11.6 Å². The minimum Gasteiger partial charge on any atom is -0.484 e. The highest BCUT2D eigenvalue weighted by Gasteiger charge is 2.22. The smallest absolute Gasteiger partial charge is 0.272 e. The van der Waals surface area contributed by atoms with Gasteiger partial charge in [-0.05, 0) is 57.2 Å². The first-order valence-corrected chi connectivity index (χ1v) is 10.2. The molecule has 1 N–H and O–H groups in total. The van der Waals surface area contributed by atoms with Crippen LogP contribution in [-0.4, -0.2) is 43.2 Å². The topological polar surface area (TPSA) is 119 Å². The number of ether oxygens (including phenoxy) is 1. The second-order valence-electron chi connectivity index (χ2n) is 6.68. The third-order valence-electron chi connectivity index (χ3n) is 4.28. The van der Waals surface area contributed by atoms with E-state index in [0.717, 1.165) is 0 Å². The molecular weight excluding hydrogens is 398 g/mol. The van der Waals surface area contributed by atoms with Gasteiger partial charge in [-0.3, -0.25) is 14.9 Å². The Bertz CT molecular complexity index is 1000. The molecule has 0 aliphatic rings. The van der Waals surface area contributed by atoms with Gasteiger partial charge in [-0.15, -0.1) is 0 Å². The number of amides is 1. The molecule has 1 amide bonds.